The lowest BCUT2D eigenvalue weighted by molar-refractivity contribution is 1.05. The predicted molar refractivity (Wildman–Crippen MR) is 240 cm³/mol. The number of rotatable bonds is 7. The Hall–Kier alpha value is -7.29. The van der Waals surface area contributed by atoms with Crippen molar-refractivity contribution in [3.8, 4) is 50.5 Å². The van der Waals surface area contributed by atoms with Crippen LogP contribution in [0.4, 0.5) is 0 Å². The lowest BCUT2D eigenvalue weighted by atomic mass is 9.85. The van der Waals surface area contributed by atoms with Gasteiger partial charge in [-0.05, 0) is 113 Å². The number of benzene rings is 9. The van der Waals surface area contributed by atoms with Crippen LogP contribution in [0.1, 0.15) is 17.0 Å². The lowest BCUT2D eigenvalue weighted by Crippen LogP contribution is -1.99. The lowest BCUT2D eigenvalue weighted by Gasteiger charge is -2.19. The van der Waals surface area contributed by atoms with Crippen LogP contribution in [-0.2, 0) is 0 Å². The molecule has 0 amide bonds. The summed E-state index contributed by atoms with van der Waals surface area (Å²) in [5.41, 5.74) is 12.5. The van der Waals surface area contributed by atoms with E-state index < -0.39 is 0 Å². The van der Waals surface area contributed by atoms with Gasteiger partial charge in [0.15, 0.2) is 0 Å². The van der Waals surface area contributed by atoms with Crippen molar-refractivity contribution in [3.05, 3.63) is 206 Å². The topological polar surface area (TPSA) is 17.8 Å². The van der Waals surface area contributed by atoms with Gasteiger partial charge in [0.25, 0.3) is 0 Å². The van der Waals surface area contributed by atoms with Crippen LogP contribution in [0.3, 0.4) is 0 Å². The van der Waals surface area contributed by atoms with E-state index in [4.69, 9.17) is 4.98 Å². The summed E-state index contributed by atoms with van der Waals surface area (Å²) in [6.07, 6.45) is 3.66. The van der Waals surface area contributed by atoms with E-state index in [1.165, 1.54) is 76.5 Å². The van der Waals surface area contributed by atoms with Gasteiger partial charge in [-0.2, -0.15) is 0 Å². The van der Waals surface area contributed by atoms with E-state index in [1.54, 1.807) is 6.08 Å². The Morgan fingerprint density at radius 1 is 0.393 bits per heavy atom. The van der Waals surface area contributed by atoms with Gasteiger partial charge in [0.1, 0.15) is 5.82 Å². The Balaban J connectivity index is 1.12. The summed E-state index contributed by atoms with van der Waals surface area (Å²) in [7, 11) is 0. The average molecular weight is 715 g/mol. The zero-order valence-electron chi connectivity index (χ0n) is 31.2. The Labute approximate surface area is 327 Å². The summed E-state index contributed by atoms with van der Waals surface area (Å²) in [6, 6.07) is 63.7. The monoisotopic (exact) mass is 714 g/mol. The Morgan fingerprint density at radius 2 is 0.732 bits per heavy atom. The molecule has 0 radical (unpaired) electrons. The smallest absolute Gasteiger partial charge is 0.145 e. The van der Waals surface area contributed by atoms with Crippen molar-refractivity contribution >= 4 is 55.2 Å². The molecule has 2 heteroatoms. The molecule has 0 bridgehead atoms. The summed E-state index contributed by atoms with van der Waals surface area (Å²) < 4.78 is 2.16. The molecule has 1 heterocycles. The molecule has 0 spiro atoms. The van der Waals surface area contributed by atoms with Crippen LogP contribution < -0.4 is 0 Å². The summed E-state index contributed by atoms with van der Waals surface area (Å²) >= 11 is 0. The van der Waals surface area contributed by atoms with Gasteiger partial charge in [-0.1, -0.05) is 177 Å². The largest absolute Gasteiger partial charge is 0.292 e. The van der Waals surface area contributed by atoms with Crippen LogP contribution in [0.2, 0.25) is 0 Å². The molecule has 9 aromatic carbocycles. The molecule has 0 N–H and O–H groups in total. The van der Waals surface area contributed by atoms with Crippen molar-refractivity contribution in [1.82, 2.24) is 9.55 Å². The number of para-hydroxylation sites is 1. The minimum absolute atomic E-state index is 0.809. The highest BCUT2D eigenvalue weighted by Gasteiger charge is 2.20. The summed E-state index contributed by atoms with van der Waals surface area (Å²) in [6.45, 7) is 10.4. The number of imidazole rings is 1. The fraction of sp³-hybridized carbons (Fsp3) is 0.0185. The molecule has 0 unspecified atom stereocenters. The molecule has 0 aliphatic rings. The van der Waals surface area contributed by atoms with Gasteiger partial charge >= 0.3 is 0 Å². The van der Waals surface area contributed by atoms with Crippen molar-refractivity contribution in [2.75, 3.05) is 0 Å². The fourth-order valence-corrected chi connectivity index (χ4v) is 8.83. The molecule has 0 atom stereocenters. The standard InChI is InChI=1S/C54H38N2/c1-4-49-50(5-2)56(40-17-7-6-8-18-40)54(55-49)39-33-31-38(32-34-39)53-47-25-15-13-23-45(47)52(46-24-14-16-26-48(46)53)37-29-27-36(28-30-37)51-43-21-11-9-19-41(43)35(3)42-20-10-12-22-44(42)51/h4-34H,1-2H2,3H3. The van der Waals surface area contributed by atoms with Crippen molar-refractivity contribution in [2.45, 2.75) is 6.92 Å². The molecular formula is C54H38N2. The minimum atomic E-state index is 0.809. The first kappa shape index (κ1) is 33.3. The zero-order chi connectivity index (χ0) is 37.8. The maximum absolute atomic E-state index is 5.03. The van der Waals surface area contributed by atoms with Crippen LogP contribution in [0.5, 0.6) is 0 Å². The Morgan fingerprint density at radius 3 is 1.11 bits per heavy atom. The molecule has 0 saturated heterocycles. The third-order valence-electron chi connectivity index (χ3n) is 11.4. The minimum Gasteiger partial charge on any atom is -0.292 e. The van der Waals surface area contributed by atoms with Crippen LogP contribution in [0.15, 0.2) is 189 Å². The molecule has 10 rings (SSSR count). The van der Waals surface area contributed by atoms with E-state index in [-0.39, 0.29) is 0 Å². The molecule has 0 fully saturated rings. The Bertz CT molecular complexity index is 3030. The number of nitrogens with zero attached hydrogens (tertiary/aromatic N) is 2. The van der Waals surface area contributed by atoms with Crippen LogP contribution in [0.25, 0.3) is 106 Å². The van der Waals surface area contributed by atoms with E-state index in [0.29, 0.717) is 0 Å². The summed E-state index contributed by atoms with van der Waals surface area (Å²) in [5, 5.41) is 10.1. The van der Waals surface area contributed by atoms with Crippen LogP contribution in [-0.4, -0.2) is 9.55 Å². The van der Waals surface area contributed by atoms with Gasteiger partial charge < -0.3 is 0 Å². The molecule has 0 aliphatic carbocycles. The number of hydrogen-bond donors (Lipinski definition) is 0. The molecule has 0 aliphatic heterocycles. The van der Waals surface area contributed by atoms with Crippen molar-refractivity contribution in [3.63, 3.8) is 0 Å². The van der Waals surface area contributed by atoms with Crippen LogP contribution >= 0.6 is 0 Å². The molecule has 264 valence electrons. The summed E-state index contributed by atoms with van der Waals surface area (Å²) in [5.74, 6) is 0.854. The predicted octanol–water partition coefficient (Wildman–Crippen LogP) is 14.7. The third-order valence-corrected chi connectivity index (χ3v) is 11.4. The zero-order valence-corrected chi connectivity index (χ0v) is 31.2. The second-order valence-electron chi connectivity index (χ2n) is 14.4. The van der Waals surface area contributed by atoms with E-state index in [9.17, 15) is 0 Å². The van der Waals surface area contributed by atoms with E-state index in [1.807, 2.05) is 24.3 Å². The second kappa shape index (κ2) is 13.5. The highest BCUT2D eigenvalue weighted by molar-refractivity contribution is 6.21. The first-order valence-corrected chi connectivity index (χ1v) is 19.1. The second-order valence-corrected chi connectivity index (χ2v) is 14.4. The number of fused-ring (bicyclic) bond motifs is 4. The van der Waals surface area contributed by atoms with Gasteiger partial charge in [0, 0.05) is 11.3 Å². The number of aromatic nitrogens is 2. The van der Waals surface area contributed by atoms with Crippen molar-refractivity contribution in [2.24, 2.45) is 0 Å². The van der Waals surface area contributed by atoms with Gasteiger partial charge in [-0.3, -0.25) is 4.57 Å². The van der Waals surface area contributed by atoms with Gasteiger partial charge in [-0.25, -0.2) is 4.98 Å². The van der Waals surface area contributed by atoms with Gasteiger partial charge in [0.05, 0.1) is 11.4 Å². The molecule has 0 saturated carbocycles. The third kappa shape index (κ3) is 5.22. The molecule has 2 nitrogen and oxygen atoms in total. The molecular weight excluding hydrogens is 677 g/mol. The normalized spacial score (nSPS) is 11.4. The van der Waals surface area contributed by atoms with Gasteiger partial charge in [-0.15, -0.1) is 0 Å². The van der Waals surface area contributed by atoms with Gasteiger partial charge in [0.2, 0.25) is 0 Å². The molecule has 1 aromatic heterocycles. The Kier molecular flexibility index (Phi) is 8.04. The highest BCUT2D eigenvalue weighted by Crippen LogP contribution is 2.45. The molecule has 56 heavy (non-hydrogen) atoms. The number of hydrogen-bond acceptors (Lipinski definition) is 1. The van der Waals surface area contributed by atoms with E-state index >= 15 is 0 Å². The van der Waals surface area contributed by atoms with E-state index in [0.717, 1.165) is 34.0 Å². The first-order valence-electron chi connectivity index (χ1n) is 19.1. The number of aryl methyl sites for hydroxylation is 1. The average Bonchev–Trinajstić information content (AvgIpc) is 3.65. The molecule has 10 aromatic rings. The van der Waals surface area contributed by atoms with Crippen LogP contribution in [0, 0.1) is 6.92 Å². The van der Waals surface area contributed by atoms with E-state index in [2.05, 4.69) is 182 Å². The van der Waals surface area contributed by atoms with Crippen molar-refractivity contribution in [1.29, 1.82) is 0 Å². The fourth-order valence-electron chi connectivity index (χ4n) is 8.83. The SMILES string of the molecule is C=Cc1nc(-c2ccc(-c3c4ccccc4c(-c4ccc(-c5c6ccccc6c(C)c6ccccc56)cc4)c4ccccc34)cc2)n(-c2ccccc2)c1C=C. The maximum Gasteiger partial charge on any atom is 0.145 e. The summed E-state index contributed by atoms with van der Waals surface area (Å²) in [4.78, 5) is 5.03. The quantitative estimate of drug-likeness (QED) is 0.150. The highest BCUT2D eigenvalue weighted by atomic mass is 15.1. The maximum atomic E-state index is 5.03. The van der Waals surface area contributed by atoms with Crippen molar-refractivity contribution < 1.29 is 0 Å². The first-order chi connectivity index (χ1) is 27.6.